The Morgan fingerprint density at radius 2 is 1.46 bits per heavy atom. The molecule has 2 unspecified atom stereocenters. The Labute approximate surface area is 235 Å². The molecule has 1 saturated carbocycles. The highest BCUT2D eigenvalue weighted by atomic mass is 19.2. The van der Waals surface area contributed by atoms with Crippen LogP contribution in [0.25, 0.3) is 16.7 Å². The fraction of sp³-hybridized carbons (Fsp3) is 0.364. The van der Waals surface area contributed by atoms with Crippen LogP contribution >= 0.6 is 0 Å². The first-order valence-corrected chi connectivity index (χ1v) is 14.1. The molecule has 2 atom stereocenters. The lowest BCUT2D eigenvalue weighted by molar-refractivity contribution is -0.140. The van der Waals surface area contributed by atoms with Crippen molar-refractivity contribution in [3.8, 4) is 22.6 Å². The molecule has 0 radical (unpaired) electrons. The number of hydrogen-bond donors (Lipinski definition) is 1. The van der Waals surface area contributed by atoms with Gasteiger partial charge in [-0.05, 0) is 92.2 Å². The third kappa shape index (κ3) is 5.62. The molecule has 3 aliphatic rings. The number of phenols is 1. The van der Waals surface area contributed by atoms with Crippen LogP contribution in [0.5, 0.6) is 11.5 Å². The monoisotopic (exact) mass is 566 g/mol. The molecule has 4 nitrogen and oxygen atoms in total. The fourth-order valence-electron chi connectivity index (χ4n) is 6.31. The highest BCUT2D eigenvalue weighted by molar-refractivity contribution is 5.76. The van der Waals surface area contributed by atoms with Crippen molar-refractivity contribution < 1.29 is 36.9 Å². The molecule has 0 aromatic heterocycles. The van der Waals surface area contributed by atoms with E-state index in [0.717, 1.165) is 50.2 Å². The Hall–Kier alpha value is -3.65. The molecule has 3 aromatic carbocycles. The van der Waals surface area contributed by atoms with Crippen LogP contribution in [-0.4, -0.2) is 17.7 Å². The first-order chi connectivity index (χ1) is 19.8. The minimum Gasteiger partial charge on any atom is -0.505 e. The number of carbonyl (C=O) groups excluding carboxylic acids is 1. The van der Waals surface area contributed by atoms with Crippen molar-refractivity contribution in [2.45, 2.75) is 51.0 Å². The summed E-state index contributed by atoms with van der Waals surface area (Å²) in [5, 5.41) is 9.32. The van der Waals surface area contributed by atoms with Gasteiger partial charge in [0.15, 0.2) is 23.2 Å². The van der Waals surface area contributed by atoms with E-state index in [1.807, 2.05) is 6.08 Å². The fourth-order valence-corrected chi connectivity index (χ4v) is 6.31. The third-order valence-corrected chi connectivity index (χ3v) is 8.81. The van der Waals surface area contributed by atoms with Gasteiger partial charge in [-0.3, -0.25) is 4.79 Å². The van der Waals surface area contributed by atoms with Crippen molar-refractivity contribution in [2.24, 2.45) is 17.8 Å². The lowest BCUT2D eigenvalue weighted by atomic mass is 9.71. The van der Waals surface area contributed by atoms with Crippen LogP contribution in [0.1, 0.15) is 62.2 Å². The molecule has 8 heteroatoms. The zero-order chi connectivity index (χ0) is 28.7. The van der Waals surface area contributed by atoms with E-state index in [0.29, 0.717) is 41.7 Å². The van der Waals surface area contributed by atoms with Gasteiger partial charge in [0, 0.05) is 16.7 Å². The van der Waals surface area contributed by atoms with Crippen molar-refractivity contribution >= 4 is 11.5 Å². The molecule has 214 valence electrons. The Balaban J connectivity index is 1.01. The summed E-state index contributed by atoms with van der Waals surface area (Å²) in [5.74, 6) is -4.09. The van der Waals surface area contributed by atoms with E-state index >= 15 is 0 Å². The molecule has 2 aliphatic carbocycles. The minimum absolute atomic E-state index is 0.0000552. The van der Waals surface area contributed by atoms with Crippen LogP contribution in [0.4, 0.5) is 17.6 Å². The number of ether oxygens (including phenoxy) is 2. The van der Waals surface area contributed by atoms with E-state index in [1.54, 1.807) is 12.1 Å². The normalized spacial score (nSPS) is 24.0. The molecular formula is C33H30F4O4. The van der Waals surface area contributed by atoms with E-state index in [-0.39, 0.29) is 29.1 Å². The van der Waals surface area contributed by atoms with E-state index in [9.17, 15) is 27.5 Å². The highest BCUT2D eigenvalue weighted by Gasteiger charge is 2.34. The summed E-state index contributed by atoms with van der Waals surface area (Å²) >= 11 is 0. The maximum Gasteiger partial charge on any atom is 0.314 e. The topological polar surface area (TPSA) is 59.1 Å². The number of hydrogen-bond acceptors (Lipinski definition) is 4. The van der Waals surface area contributed by atoms with E-state index < -0.39 is 29.0 Å². The maximum absolute atomic E-state index is 14.8. The number of carbonyl (C=O) groups is 1. The number of aromatic hydroxyl groups is 1. The molecule has 0 bridgehead atoms. The molecule has 1 saturated heterocycles. The molecule has 2 fully saturated rings. The standard InChI is InChI=1S/C33H30F4O4/c34-29-24(13-14-26(31(29)36)28-17-40-28)20-5-1-18(2-6-20)19-3-7-22(8-4-19)33(39)41-23-11-9-21(10-12-23)25-15-16-27(38)32(37)30(25)35/h5,9-16,18-19,22,28,38H,1-4,6-8,17H2. The van der Waals surface area contributed by atoms with Gasteiger partial charge in [0.1, 0.15) is 11.9 Å². The zero-order valence-electron chi connectivity index (χ0n) is 22.3. The van der Waals surface area contributed by atoms with E-state index in [4.69, 9.17) is 9.47 Å². The van der Waals surface area contributed by atoms with Gasteiger partial charge in [-0.2, -0.15) is 4.39 Å². The molecule has 1 N–H and O–H groups in total. The van der Waals surface area contributed by atoms with Gasteiger partial charge in [-0.1, -0.05) is 30.3 Å². The first kappa shape index (κ1) is 27.5. The molecule has 1 heterocycles. The summed E-state index contributed by atoms with van der Waals surface area (Å²) in [7, 11) is 0. The van der Waals surface area contributed by atoms with Gasteiger partial charge in [0.05, 0.1) is 12.5 Å². The Bertz CT molecular complexity index is 1490. The van der Waals surface area contributed by atoms with Crippen LogP contribution in [0, 0.1) is 41.0 Å². The van der Waals surface area contributed by atoms with Crippen molar-refractivity contribution in [1.82, 2.24) is 0 Å². The highest BCUT2D eigenvalue weighted by Crippen LogP contribution is 2.43. The summed E-state index contributed by atoms with van der Waals surface area (Å²) in [6, 6.07) is 11.8. The Morgan fingerprint density at radius 3 is 2.12 bits per heavy atom. The summed E-state index contributed by atoms with van der Waals surface area (Å²) in [5.41, 5.74) is 1.87. The molecule has 0 amide bonds. The minimum atomic E-state index is -1.31. The predicted molar refractivity (Wildman–Crippen MR) is 145 cm³/mol. The van der Waals surface area contributed by atoms with Crippen molar-refractivity contribution in [3.05, 3.63) is 89.0 Å². The second-order valence-electron chi connectivity index (χ2n) is 11.2. The molecule has 1 aliphatic heterocycles. The van der Waals surface area contributed by atoms with Crippen LogP contribution in [0.15, 0.2) is 54.6 Å². The number of allylic oxidation sites excluding steroid dienone is 2. The predicted octanol–water partition coefficient (Wildman–Crippen LogP) is 8.28. The van der Waals surface area contributed by atoms with E-state index in [1.165, 1.54) is 30.3 Å². The van der Waals surface area contributed by atoms with Gasteiger partial charge >= 0.3 is 5.97 Å². The van der Waals surface area contributed by atoms with Crippen LogP contribution in [0.2, 0.25) is 0 Å². The number of phenolic OH excluding ortho intramolecular Hbond substituents is 1. The number of epoxide rings is 1. The van der Waals surface area contributed by atoms with Crippen LogP contribution in [-0.2, 0) is 9.53 Å². The SMILES string of the molecule is O=C(Oc1ccc(-c2ccc(O)c(F)c2F)cc1)C1CCC(C2CC=C(c3ccc(C4CO4)c(F)c3F)CC2)CC1. The molecule has 3 aromatic rings. The quantitative estimate of drug-likeness (QED) is 0.141. The Morgan fingerprint density at radius 1 is 0.780 bits per heavy atom. The lowest BCUT2D eigenvalue weighted by Gasteiger charge is -2.34. The second kappa shape index (κ2) is 11.3. The summed E-state index contributed by atoms with van der Waals surface area (Å²) in [6.45, 7) is 0.431. The summed E-state index contributed by atoms with van der Waals surface area (Å²) < 4.78 is 67.8. The van der Waals surface area contributed by atoms with Crippen molar-refractivity contribution in [1.29, 1.82) is 0 Å². The van der Waals surface area contributed by atoms with Gasteiger partial charge < -0.3 is 14.6 Å². The van der Waals surface area contributed by atoms with Gasteiger partial charge in [-0.25, -0.2) is 13.2 Å². The first-order valence-electron chi connectivity index (χ1n) is 14.1. The molecular weight excluding hydrogens is 536 g/mol. The Kier molecular flexibility index (Phi) is 7.60. The number of halogens is 4. The summed E-state index contributed by atoms with van der Waals surface area (Å²) in [6.07, 6.45) is 7.36. The van der Waals surface area contributed by atoms with Gasteiger partial charge in [-0.15, -0.1) is 0 Å². The van der Waals surface area contributed by atoms with Gasteiger partial charge in [0.2, 0.25) is 5.82 Å². The lowest BCUT2D eigenvalue weighted by Crippen LogP contribution is -2.29. The zero-order valence-corrected chi connectivity index (χ0v) is 22.3. The summed E-state index contributed by atoms with van der Waals surface area (Å²) in [4.78, 5) is 12.8. The molecule has 6 rings (SSSR count). The smallest absolute Gasteiger partial charge is 0.314 e. The van der Waals surface area contributed by atoms with E-state index in [2.05, 4.69) is 0 Å². The maximum atomic E-state index is 14.8. The number of rotatable bonds is 6. The number of esters is 1. The number of benzene rings is 3. The van der Waals surface area contributed by atoms with Crippen molar-refractivity contribution in [2.75, 3.05) is 6.61 Å². The average molecular weight is 567 g/mol. The average Bonchev–Trinajstić information content (AvgIpc) is 3.84. The third-order valence-electron chi connectivity index (χ3n) is 8.81. The second-order valence-corrected chi connectivity index (χ2v) is 11.2. The molecule has 0 spiro atoms. The van der Waals surface area contributed by atoms with Crippen LogP contribution < -0.4 is 4.74 Å². The molecule has 41 heavy (non-hydrogen) atoms. The largest absolute Gasteiger partial charge is 0.505 e. The van der Waals surface area contributed by atoms with Crippen molar-refractivity contribution in [3.63, 3.8) is 0 Å². The van der Waals surface area contributed by atoms with Crippen LogP contribution in [0.3, 0.4) is 0 Å². The van der Waals surface area contributed by atoms with Gasteiger partial charge in [0.25, 0.3) is 0 Å².